The van der Waals surface area contributed by atoms with Crippen LogP contribution in [0.4, 0.5) is 5.13 Å². The zero-order valence-corrected chi connectivity index (χ0v) is 10.1. The monoisotopic (exact) mass is 226 g/mol. The van der Waals surface area contributed by atoms with Gasteiger partial charge >= 0.3 is 0 Å². The number of thiazole rings is 1. The van der Waals surface area contributed by atoms with Crippen LogP contribution >= 0.6 is 11.3 Å². The van der Waals surface area contributed by atoms with Crippen LogP contribution in [0.5, 0.6) is 0 Å². The average molecular weight is 226 g/mol. The van der Waals surface area contributed by atoms with Crippen molar-refractivity contribution in [3.63, 3.8) is 0 Å². The van der Waals surface area contributed by atoms with Gasteiger partial charge in [0.15, 0.2) is 5.13 Å². The van der Waals surface area contributed by atoms with Gasteiger partial charge in [0.05, 0.1) is 0 Å². The summed E-state index contributed by atoms with van der Waals surface area (Å²) >= 11 is 1.60. The van der Waals surface area contributed by atoms with Crippen molar-refractivity contribution in [1.82, 2.24) is 14.8 Å². The summed E-state index contributed by atoms with van der Waals surface area (Å²) in [5.41, 5.74) is 5.61. The Balaban J connectivity index is 1.87. The van der Waals surface area contributed by atoms with Crippen molar-refractivity contribution in [3.8, 4) is 0 Å². The maximum Gasteiger partial charge on any atom is 0.180 e. The molecule has 0 spiro atoms. The highest BCUT2D eigenvalue weighted by atomic mass is 32.1. The maximum atomic E-state index is 5.61. The van der Waals surface area contributed by atoms with Crippen LogP contribution in [-0.2, 0) is 6.54 Å². The highest BCUT2D eigenvalue weighted by Crippen LogP contribution is 2.20. The maximum absolute atomic E-state index is 5.61. The molecule has 0 amide bonds. The molecule has 0 aliphatic carbocycles. The molecule has 1 atom stereocenters. The van der Waals surface area contributed by atoms with Gasteiger partial charge in [-0.15, -0.1) is 11.3 Å². The van der Waals surface area contributed by atoms with Crippen LogP contribution in [0, 0.1) is 0 Å². The molecular weight excluding hydrogens is 208 g/mol. The number of rotatable bonds is 3. The van der Waals surface area contributed by atoms with Gasteiger partial charge in [0.2, 0.25) is 0 Å². The van der Waals surface area contributed by atoms with Gasteiger partial charge in [0.1, 0.15) is 0 Å². The van der Waals surface area contributed by atoms with Gasteiger partial charge in [0, 0.05) is 36.8 Å². The lowest BCUT2D eigenvalue weighted by molar-refractivity contribution is 0.266. The van der Waals surface area contributed by atoms with Crippen LogP contribution < -0.4 is 5.73 Å². The lowest BCUT2D eigenvalue weighted by atomic mass is 10.2. The third-order valence-electron chi connectivity index (χ3n) is 2.93. The van der Waals surface area contributed by atoms with Crippen LogP contribution in [0.2, 0.25) is 0 Å². The number of nitrogen functional groups attached to an aromatic ring is 1. The van der Waals surface area contributed by atoms with Gasteiger partial charge in [-0.3, -0.25) is 4.90 Å². The highest BCUT2D eigenvalue weighted by molar-refractivity contribution is 7.15. The van der Waals surface area contributed by atoms with Crippen molar-refractivity contribution >= 4 is 16.5 Å². The summed E-state index contributed by atoms with van der Waals surface area (Å²) in [4.78, 5) is 10.1. The van der Waals surface area contributed by atoms with Crippen LogP contribution in [0.3, 0.4) is 0 Å². The normalized spacial score (nSPS) is 22.7. The van der Waals surface area contributed by atoms with Crippen molar-refractivity contribution in [2.75, 3.05) is 32.9 Å². The Morgan fingerprint density at radius 1 is 1.67 bits per heavy atom. The lowest BCUT2D eigenvalue weighted by Gasteiger charge is -2.19. The van der Waals surface area contributed by atoms with E-state index in [-0.39, 0.29) is 0 Å². The van der Waals surface area contributed by atoms with Crippen molar-refractivity contribution < 1.29 is 0 Å². The first-order valence-corrected chi connectivity index (χ1v) is 6.06. The number of aromatic nitrogens is 1. The van der Waals surface area contributed by atoms with Gasteiger partial charge in [-0.05, 0) is 20.5 Å². The largest absolute Gasteiger partial charge is 0.375 e. The summed E-state index contributed by atoms with van der Waals surface area (Å²) in [6.07, 6.45) is 3.16. The van der Waals surface area contributed by atoms with E-state index in [0.29, 0.717) is 11.2 Å². The zero-order valence-electron chi connectivity index (χ0n) is 9.31. The van der Waals surface area contributed by atoms with Gasteiger partial charge in [-0.2, -0.15) is 0 Å². The molecule has 1 unspecified atom stereocenters. The number of likely N-dealkylation sites (N-methyl/N-ethyl adjacent to an activating group) is 1. The molecule has 0 aromatic carbocycles. The molecule has 1 saturated heterocycles. The van der Waals surface area contributed by atoms with Gasteiger partial charge in [-0.1, -0.05) is 0 Å². The lowest BCUT2D eigenvalue weighted by Crippen LogP contribution is -2.31. The Hall–Kier alpha value is -0.650. The third kappa shape index (κ3) is 2.68. The van der Waals surface area contributed by atoms with Crippen molar-refractivity contribution in [1.29, 1.82) is 0 Å². The van der Waals surface area contributed by atoms with E-state index in [2.05, 4.69) is 28.9 Å². The Morgan fingerprint density at radius 2 is 2.47 bits per heavy atom. The summed E-state index contributed by atoms with van der Waals surface area (Å²) in [5, 5.41) is 0.674. The molecule has 1 fully saturated rings. The summed E-state index contributed by atoms with van der Waals surface area (Å²) in [6.45, 7) is 3.34. The Kier molecular flexibility index (Phi) is 3.23. The molecule has 0 saturated carbocycles. The molecule has 1 aromatic rings. The van der Waals surface area contributed by atoms with Crippen molar-refractivity contribution in [3.05, 3.63) is 11.1 Å². The number of nitrogens with zero attached hydrogens (tertiary/aromatic N) is 3. The molecule has 2 rings (SSSR count). The fourth-order valence-electron chi connectivity index (χ4n) is 1.99. The minimum Gasteiger partial charge on any atom is -0.375 e. The highest BCUT2D eigenvalue weighted by Gasteiger charge is 2.23. The van der Waals surface area contributed by atoms with E-state index >= 15 is 0 Å². The number of nitrogens with two attached hydrogens (primary N) is 1. The molecule has 1 aliphatic rings. The number of hydrogen-bond donors (Lipinski definition) is 1. The Bertz CT molecular complexity index is 323. The topological polar surface area (TPSA) is 45.4 Å². The summed E-state index contributed by atoms with van der Waals surface area (Å²) in [5.74, 6) is 0. The predicted molar refractivity (Wildman–Crippen MR) is 63.9 cm³/mol. The molecule has 1 aromatic heterocycles. The molecular formula is C10H18N4S. The number of likely N-dealkylation sites (tertiary alicyclic amines) is 1. The average Bonchev–Trinajstić information content (AvgIpc) is 2.76. The van der Waals surface area contributed by atoms with Crippen LogP contribution in [0.15, 0.2) is 6.20 Å². The van der Waals surface area contributed by atoms with E-state index in [1.807, 2.05) is 6.20 Å². The van der Waals surface area contributed by atoms with Gasteiger partial charge in [0.25, 0.3) is 0 Å². The molecule has 15 heavy (non-hydrogen) atoms. The van der Waals surface area contributed by atoms with Crippen LogP contribution in [0.25, 0.3) is 0 Å². The fourth-order valence-corrected chi connectivity index (χ4v) is 2.72. The summed E-state index contributed by atoms with van der Waals surface area (Å²) in [6, 6.07) is 0.704. The second kappa shape index (κ2) is 4.47. The Labute approximate surface area is 94.7 Å². The molecule has 1 aliphatic heterocycles. The quantitative estimate of drug-likeness (QED) is 0.830. The zero-order chi connectivity index (χ0) is 10.8. The summed E-state index contributed by atoms with van der Waals surface area (Å²) in [7, 11) is 4.30. The SMILES string of the molecule is CN(C)C1CCN(Cc2cnc(N)s2)C1. The van der Waals surface area contributed by atoms with E-state index in [1.165, 1.54) is 17.8 Å². The minimum absolute atomic E-state index is 0.674. The first-order valence-electron chi connectivity index (χ1n) is 5.24. The molecule has 2 heterocycles. The first kappa shape index (κ1) is 10.9. The molecule has 5 heteroatoms. The molecule has 84 valence electrons. The standard InChI is InChI=1S/C10H18N4S/c1-13(2)8-3-4-14(6-8)7-9-5-12-10(11)15-9/h5,8H,3-4,6-7H2,1-2H3,(H2,11,12). The third-order valence-corrected chi connectivity index (χ3v) is 3.74. The van der Waals surface area contributed by atoms with Crippen LogP contribution in [-0.4, -0.2) is 48.0 Å². The second-order valence-corrected chi connectivity index (χ2v) is 5.45. The number of anilines is 1. The van der Waals surface area contributed by atoms with E-state index in [9.17, 15) is 0 Å². The molecule has 0 radical (unpaired) electrons. The van der Waals surface area contributed by atoms with E-state index in [1.54, 1.807) is 11.3 Å². The first-order chi connectivity index (χ1) is 7.15. The van der Waals surface area contributed by atoms with E-state index in [0.717, 1.165) is 13.1 Å². The van der Waals surface area contributed by atoms with E-state index < -0.39 is 0 Å². The predicted octanol–water partition coefficient (Wildman–Crippen LogP) is 0.861. The Morgan fingerprint density at radius 3 is 3.00 bits per heavy atom. The van der Waals surface area contributed by atoms with E-state index in [4.69, 9.17) is 5.73 Å². The molecule has 0 bridgehead atoms. The van der Waals surface area contributed by atoms with Gasteiger partial charge < -0.3 is 10.6 Å². The molecule has 4 nitrogen and oxygen atoms in total. The van der Waals surface area contributed by atoms with Crippen molar-refractivity contribution in [2.24, 2.45) is 0 Å². The molecule has 2 N–H and O–H groups in total. The van der Waals surface area contributed by atoms with Crippen LogP contribution in [0.1, 0.15) is 11.3 Å². The summed E-state index contributed by atoms with van der Waals surface area (Å²) < 4.78 is 0. The van der Waals surface area contributed by atoms with Crippen molar-refractivity contribution in [2.45, 2.75) is 19.0 Å². The van der Waals surface area contributed by atoms with Gasteiger partial charge in [-0.25, -0.2) is 4.98 Å². The minimum atomic E-state index is 0.674. The number of hydrogen-bond acceptors (Lipinski definition) is 5. The fraction of sp³-hybridized carbons (Fsp3) is 0.700. The smallest absolute Gasteiger partial charge is 0.180 e. The second-order valence-electron chi connectivity index (χ2n) is 4.31.